The number of aryl methyl sites for hydroxylation is 1. The lowest BCUT2D eigenvalue weighted by Crippen LogP contribution is -2.52. The summed E-state index contributed by atoms with van der Waals surface area (Å²) in [6.07, 6.45) is 5.78. The van der Waals surface area contributed by atoms with Crippen LogP contribution in [0.15, 0.2) is 18.2 Å². The van der Waals surface area contributed by atoms with Crippen LogP contribution in [0.1, 0.15) is 48.0 Å². The Labute approximate surface area is 126 Å². The number of aromatic hydroxyl groups is 1. The maximum absolute atomic E-state index is 12.8. The van der Waals surface area contributed by atoms with E-state index in [0.29, 0.717) is 17.6 Å². The van der Waals surface area contributed by atoms with Crippen LogP contribution in [0.4, 0.5) is 0 Å². The second-order valence-electron chi connectivity index (χ2n) is 6.27. The molecule has 2 fully saturated rings. The van der Waals surface area contributed by atoms with Crippen molar-refractivity contribution in [3.8, 4) is 5.75 Å². The average Bonchev–Trinajstić information content (AvgIpc) is 3.03. The topological polar surface area (TPSA) is 52.6 Å². The molecule has 3 rings (SSSR count). The van der Waals surface area contributed by atoms with Gasteiger partial charge in [-0.25, -0.2) is 0 Å². The van der Waals surface area contributed by atoms with Gasteiger partial charge in [0.15, 0.2) is 0 Å². The highest BCUT2D eigenvalue weighted by molar-refractivity contribution is 5.95. The van der Waals surface area contributed by atoms with E-state index in [2.05, 4.69) is 10.2 Å². The van der Waals surface area contributed by atoms with E-state index < -0.39 is 0 Å². The molecule has 21 heavy (non-hydrogen) atoms. The van der Waals surface area contributed by atoms with E-state index in [-0.39, 0.29) is 11.7 Å². The lowest BCUT2D eigenvalue weighted by atomic mass is 9.93. The van der Waals surface area contributed by atoms with Gasteiger partial charge in [-0.15, -0.1) is 0 Å². The van der Waals surface area contributed by atoms with Gasteiger partial charge in [-0.05, 0) is 69.3 Å². The van der Waals surface area contributed by atoms with Crippen LogP contribution in [-0.4, -0.2) is 41.1 Å². The molecule has 0 aromatic heterocycles. The van der Waals surface area contributed by atoms with E-state index >= 15 is 0 Å². The molecule has 2 heterocycles. The zero-order valence-electron chi connectivity index (χ0n) is 12.6. The highest BCUT2D eigenvalue weighted by Crippen LogP contribution is 2.27. The van der Waals surface area contributed by atoms with Crippen molar-refractivity contribution < 1.29 is 9.90 Å². The highest BCUT2D eigenvalue weighted by Gasteiger charge is 2.34. The molecule has 0 aliphatic carbocycles. The maximum Gasteiger partial charge on any atom is 0.254 e. The van der Waals surface area contributed by atoms with Crippen molar-refractivity contribution in [1.29, 1.82) is 0 Å². The van der Waals surface area contributed by atoms with Crippen molar-refractivity contribution in [2.24, 2.45) is 0 Å². The van der Waals surface area contributed by atoms with Crippen molar-refractivity contribution >= 4 is 5.91 Å². The van der Waals surface area contributed by atoms with Crippen LogP contribution in [0.25, 0.3) is 0 Å². The molecule has 2 aliphatic heterocycles. The first-order valence-corrected chi connectivity index (χ1v) is 8.01. The molecular weight excluding hydrogens is 264 g/mol. The van der Waals surface area contributed by atoms with E-state index in [0.717, 1.165) is 31.5 Å². The summed E-state index contributed by atoms with van der Waals surface area (Å²) in [6.45, 7) is 3.75. The largest absolute Gasteiger partial charge is 0.508 e. The smallest absolute Gasteiger partial charge is 0.254 e. The summed E-state index contributed by atoms with van der Waals surface area (Å²) in [5.74, 6) is 0.357. The summed E-state index contributed by atoms with van der Waals surface area (Å²) < 4.78 is 0. The van der Waals surface area contributed by atoms with Crippen molar-refractivity contribution in [2.45, 2.75) is 51.1 Å². The summed E-state index contributed by atoms with van der Waals surface area (Å²) in [6, 6.07) is 5.93. The Morgan fingerprint density at radius 2 is 2.14 bits per heavy atom. The first-order valence-electron chi connectivity index (χ1n) is 8.01. The standard InChI is InChI=1S/C17H24N2O2/c1-12-11-13(7-8-16(12)20)17(21)19-10-3-2-6-15(19)14-5-4-9-18-14/h7-8,11,14-15,18,20H,2-6,9-10H2,1H3. The van der Waals surface area contributed by atoms with Gasteiger partial charge in [0.05, 0.1) is 0 Å². The van der Waals surface area contributed by atoms with Crippen LogP contribution >= 0.6 is 0 Å². The highest BCUT2D eigenvalue weighted by atomic mass is 16.3. The number of carbonyl (C=O) groups excluding carboxylic acids is 1. The molecule has 4 nitrogen and oxygen atoms in total. The van der Waals surface area contributed by atoms with Gasteiger partial charge < -0.3 is 15.3 Å². The van der Waals surface area contributed by atoms with E-state index in [9.17, 15) is 9.90 Å². The number of phenols is 1. The number of nitrogens with one attached hydrogen (secondary N) is 1. The molecule has 1 amide bonds. The van der Waals surface area contributed by atoms with Gasteiger partial charge in [-0.1, -0.05) is 0 Å². The molecule has 0 spiro atoms. The van der Waals surface area contributed by atoms with E-state index in [1.54, 1.807) is 18.2 Å². The zero-order chi connectivity index (χ0) is 14.8. The SMILES string of the molecule is Cc1cc(C(=O)N2CCCCC2C2CCCN2)ccc1O. The van der Waals surface area contributed by atoms with Crippen LogP contribution in [-0.2, 0) is 0 Å². The molecule has 4 heteroatoms. The van der Waals surface area contributed by atoms with Gasteiger partial charge in [0.1, 0.15) is 5.75 Å². The second kappa shape index (κ2) is 6.06. The lowest BCUT2D eigenvalue weighted by Gasteiger charge is -2.39. The van der Waals surface area contributed by atoms with Crippen LogP contribution in [0.2, 0.25) is 0 Å². The molecule has 2 atom stereocenters. The number of piperidine rings is 1. The zero-order valence-corrected chi connectivity index (χ0v) is 12.6. The average molecular weight is 288 g/mol. The van der Waals surface area contributed by atoms with Crippen LogP contribution in [0.5, 0.6) is 5.75 Å². The van der Waals surface area contributed by atoms with Gasteiger partial charge >= 0.3 is 0 Å². The summed E-state index contributed by atoms with van der Waals surface area (Å²) in [5.41, 5.74) is 1.45. The Kier molecular flexibility index (Phi) is 4.15. The van der Waals surface area contributed by atoms with Gasteiger partial charge in [0.25, 0.3) is 5.91 Å². The predicted octanol–water partition coefficient (Wildman–Crippen LogP) is 2.45. The molecular formula is C17H24N2O2. The van der Waals surface area contributed by atoms with Gasteiger partial charge in [0, 0.05) is 24.2 Å². The monoisotopic (exact) mass is 288 g/mol. The first kappa shape index (κ1) is 14.4. The number of carbonyl (C=O) groups is 1. The lowest BCUT2D eigenvalue weighted by molar-refractivity contribution is 0.0563. The summed E-state index contributed by atoms with van der Waals surface area (Å²) in [5, 5.41) is 13.2. The predicted molar refractivity (Wildman–Crippen MR) is 82.5 cm³/mol. The number of phenolic OH excluding ortho intramolecular Hbond substituents is 1. The van der Waals surface area contributed by atoms with Gasteiger partial charge in [-0.3, -0.25) is 4.79 Å². The second-order valence-corrected chi connectivity index (χ2v) is 6.27. The van der Waals surface area contributed by atoms with Gasteiger partial charge in [0.2, 0.25) is 0 Å². The van der Waals surface area contributed by atoms with E-state index in [4.69, 9.17) is 0 Å². The minimum absolute atomic E-state index is 0.108. The van der Waals surface area contributed by atoms with Crippen molar-refractivity contribution in [3.05, 3.63) is 29.3 Å². The Morgan fingerprint density at radius 1 is 1.29 bits per heavy atom. The number of hydrogen-bond donors (Lipinski definition) is 2. The first-order chi connectivity index (χ1) is 10.2. The maximum atomic E-state index is 12.8. The molecule has 2 N–H and O–H groups in total. The van der Waals surface area contributed by atoms with Crippen LogP contribution in [0, 0.1) is 6.92 Å². The molecule has 2 unspecified atom stereocenters. The number of benzene rings is 1. The van der Waals surface area contributed by atoms with Crippen LogP contribution in [0.3, 0.4) is 0 Å². The summed E-state index contributed by atoms with van der Waals surface area (Å²) >= 11 is 0. The van der Waals surface area contributed by atoms with Gasteiger partial charge in [-0.2, -0.15) is 0 Å². The van der Waals surface area contributed by atoms with Crippen molar-refractivity contribution in [2.75, 3.05) is 13.1 Å². The number of amides is 1. The van der Waals surface area contributed by atoms with Crippen molar-refractivity contribution in [1.82, 2.24) is 10.2 Å². The molecule has 2 saturated heterocycles. The Bertz CT molecular complexity index is 524. The fourth-order valence-electron chi connectivity index (χ4n) is 3.62. The molecule has 0 saturated carbocycles. The third kappa shape index (κ3) is 2.91. The fraction of sp³-hybridized carbons (Fsp3) is 0.588. The minimum Gasteiger partial charge on any atom is -0.508 e. The van der Waals surface area contributed by atoms with Crippen molar-refractivity contribution in [3.63, 3.8) is 0 Å². The van der Waals surface area contributed by atoms with Crippen LogP contribution < -0.4 is 5.32 Å². The fourth-order valence-corrected chi connectivity index (χ4v) is 3.62. The molecule has 2 aliphatic rings. The third-order valence-corrected chi connectivity index (χ3v) is 4.82. The minimum atomic E-state index is 0.108. The number of nitrogens with zero attached hydrogens (tertiary/aromatic N) is 1. The Hall–Kier alpha value is -1.55. The van der Waals surface area contributed by atoms with E-state index in [1.807, 2.05) is 6.92 Å². The summed E-state index contributed by atoms with van der Waals surface area (Å²) in [4.78, 5) is 14.9. The molecule has 0 bridgehead atoms. The number of hydrogen-bond acceptors (Lipinski definition) is 3. The van der Waals surface area contributed by atoms with E-state index in [1.165, 1.54) is 19.3 Å². The molecule has 1 aromatic carbocycles. The molecule has 0 radical (unpaired) electrons. The quantitative estimate of drug-likeness (QED) is 0.879. The normalized spacial score (nSPS) is 26.0. The Balaban J connectivity index is 1.81. The molecule has 1 aromatic rings. The Morgan fingerprint density at radius 3 is 2.86 bits per heavy atom. The number of likely N-dealkylation sites (tertiary alicyclic amines) is 1. The third-order valence-electron chi connectivity index (χ3n) is 4.82. The molecule has 114 valence electrons. The summed E-state index contributed by atoms with van der Waals surface area (Å²) in [7, 11) is 0. The number of rotatable bonds is 2.